The van der Waals surface area contributed by atoms with E-state index in [0.29, 0.717) is 25.5 Å². The fraction of sp³-hybridized carbons (Fsp3) is 1.00. The molecule has 15 heavy (non-hydrogen) atoms. The van der Waals surface area contributed by atoms with Gasteiger partial charge in [-0.25, -0.2) is 0 Å². The summed E-state index contributed by atoms with van der Waals surface area (Å²) in [6.07, 6.45) is 0.648. The van der Waals surface area contributed by atoms with E-state index in [-0.39, 0.29) is 0 Å². The second-order valence-electron chi connectivity index (χ2n) is 4.43. The molecule has 2 unspecified atom stereocenters. The summed E-state index contributed by atoms with van der Waals surface area (Å²) in [6.45, 7) is 6.71. The Kier molecular flexibility index (Phi) is 7.96. The molecule has 0 saturated heterocycles. The van der Waals surface area contributed by atoms with Gasteiger partial charge in [0, 0.05) is 46.9 Å². The molecule has 92 valence electrons. The molecule has 0 amide bonds. The number of hydrogen-bond donors (Lipinski definition) is 2. The Bertz CT molecular complexity index is 151. The van der Waals surface area contributed by atoms with Crippen molar-refractivity contribution in [2.24, 2.45) is 5.92 Å². The molecule has 0 aliphatic carbocycles. The van der Waals surface area contributed by atoms with Gasteiger partial charge >= 0.3 is 0 Å². The van der Waals surface area contributed by atoms with Gasteiger partial charge in [0.25, 0.3) is 0 Å². The third-order valence-electron chi connectivity index (χ3n) is 2.29. The number of nitrogens with one attached hydrogen (secondary N) is 1. The molecule has 0 rings (SSSR count). The van der Waals surface area contributed by atoms with E-state index in [1.807, 2.05) is 6.92 Å². The number of rotatable bonds is 9. The Balaban J connectivity index is 3.55. The van der Waals surface area contributed by atoms with Crippen LogP contribution in [0.4, 0.5) is 0 Å². The molecule has 0 saturated carbocycles. The molecular formula is C11H25NO3. The molecule has 0 aliphatic heterocycles. The van der Waals surface area contributed by atoms with Gasteiger partial charge in [-0.1, -0.05) is 6.92 Å². The highest BCUT2D eigenvalue weighted by Crippen LogP contribution is 2.07. The summed E-state index contributed by atoms with van der Waals surface area (Å²) in [6, 6.07) is 0. The maximum absolute atomic E-state index is 9.91. The highest BCUT2D eigenvalue weighted by atomic mass is 16.5. The van der Waals surface area contributed by atoms with Crippen molar-refractivity contribution in [1.82, 2.24) is 5.32 Å². The quantitative estimate of drug-likeness (QED) is 0.598. The maximum Gasteiger partial charge on any atom is 0.0765 e. The monoisotopic (exact) mass is 219 g/mol. The Morgan fingerprint density at radius 1 is 1.33 bits per heavy atom. The number of ether oxygens (including phenoxy) is 2. The molecule has 4 nitrogen and oxygen atoms in total. The van der Waals surface area contributed by atoms with Crippen LogP contribution in [0.25, 0.3) is 0 Å². The van der Waals surface area contributed by atoms with Crippen molar-refractivity contribution in [3.63, 3.8) is 0 Å². The lowest BCUT2D eigenvalue weighted by atomic mass is 10.0. The normalized spacial score (nSPS) is 17.4. The van der Waals surface area contributed by atoms with Crippen molar-refractivity contribution in [1.29, 1.82) is 0 Å². The molecule has 0 spiro atoms. The van der Waals surface area contributed by atoms with E-state index in [1.54, 1.807) is 14.2 Å². The predicted octanol–water partition coefficient (Wildman–Crippen LogP) is 0.646. The molecule has 0 aliphatic rings. The van der Waals surface area contributed by atoms with Crippen molar-refractivity contribution in [3.05, 3.63) is 0 Å². The highest BCUT2D eigenvalue weighted by Gasteiger charge is 2.19. The van der Waals surface area contributed by atoms with Crippen molar-refractivity contribution in [2.75, 3.05) is 40.5 Å². The smallest absolute Gasteiger partial charge is 0.0765 e. The minimum absolute atomic E-state index is 0.466. The summed E-state index contributed by atoms with van der Waals surface area (Å²) in [4.78, 5) is 0. The van der Waals surface area contributed by atoms with Crippen molar-refractivity contribution < 1.29 is 14.6 Å². The van der Waals surface area contributed by atoms with Crippen molar-refractivity contribution >= 4 is 0 Å². The zero-order valence-corrected chi connectivity index (χ0v) is 10.4. The van der Waals surface area contributed by atoms with Gasteiger partial charge in [0.05, 0.1) is 5.60 Å². The second kappa shape index (κ2) is 8.05. The Morgan fingerprint density at radius 3 is 2.53 bits per heavy atom. The Hall–Kier alpha value is -0.160. The van der Waals surface area contributed by atoms with Crippen LogP contribution in [0.15, 0.2) is 0 Å². The van der Waals surface area contributed by atoms with Gasteiger partial charge in [-0.2, -0.15) is 0 Å². The fourth-order valence-corrected chi connectivity index (χ4v) is 1.34. The number of methoxy groups -OCH3 is 2. The Labute approximate surface area is 93.0 Å². The third-order valence-corrected chi connectivity index (χ3v) is 2.29. The zero-order chi connectivity index (χ0) is 11.7. The second-order valence-corrected chi connectivity index (χ2v) is 4.43. The minimum Gasteiger partial charge on any atom is -0.389 e. The van der Waals surface area contributed by atoms with Gasteiger partial charge in [0.1, 0.15) is 0 Å². The van der Waals surface area contributed by atoms with Crippen LogP contribution in [-0.2, 0) is 9.47 Å². The average molecular weight is 219 g/mol. The number of hydrogen-bond acceptors (Lipinski definition) is 4. The van der Waals surface area contributed by atoms with E-state index >= 15 is 0 Å². The van der Waals surface area contributed by atoms with Crippen LogP contribution in [0, 0.1) is 5.92 Å². The third kappa shape index (κ3) is 8.81. The maximum atomic E-state index is 9.91. The molecule has 0 aromatic rings. The molecule has 0 aromatic carbocycles. The molecule has 0 fully saturated rings. The summed E-state index contributed by atoms with van der Waals surface area (Å²) in [7, 11) is 3.34. The molecular weight excluding hydrogens is 194 g/mol. The molecule has 2 atom stereocenters. The lowest BCUT2D eigenvalue weighted by molar-refractivity contribution is 0.0237. The molecule has 0 radical (unpaired) electrons. The molecule has 4 heteroatoms. The topological polar surface area (TPSA) is 50.7 Å². The minimum atomic E-state index is -0.692. The van der Waals surface area contributed by atoms with Crippen LogP contribution < -0.4 is 5.32 Å². The van der Waals surface area contributed by atoms with Gasteiger partial charge in [0.2, 0.25) is 0 Å². The number of aliphatic hydroxyl groups is 1. The molecule has 2 N–H and O–H groups in total. The standard InChI is InChI=1S/C11H25NO3/c1-10(8-15-4)7-12-9-11(2,13)5-6-14-3/h10,12-13H,5-9H2,1-4H3. The molecule has 0 bridgehead atoms. The van der Waals surface area contributed by atoms with Gasteiger partial charge in [-0.3, -0.25) is 0 Å². The van der Waals surface area contributed by atoms with Crippen LogP contribution in [0.5, 0.6) is 0 Å². The van der Waals surface area contributed by atoms with Gasteiger partial charge in [0.15, 0.2) is 0 Å². The predicted molar refractivity (Wildman–Crippen MR) is 61.0 cm³/mol. The summed E-state index contributed by atoms with van der Waals surface area (Å²) >= 11 is 0. The van der Waals surface area contributed by atoms with E-state index in [2.05, 4.69) is 12.2 Å². The fourth-order valence-electron chi connectivity index (χ4n) is 1.34. The first-order valence-electron chi connectivity index (χ1n) is 5.43. The molecule has 0 heterocycles. The SMILES string of the molecule is COCCC(C)(O)CNCC(C)COC. The van der Waals surface area contributed by atoms with Crippen LogP contribution in [0.3, 0.4) is 0 Å². The van der Waals surface area contributed by atoms with E-state index < -0.39 is 5.60 Å². The lowest BCUT2D eigenvalue weighted by Gasteiger charge is -2.24. The lowest BCUT2D eigenvalue weighted by Crippen LogP contribution is -2.40. The van der Waals surface area contributed by atoms with Crippen LogP contribution in [-0.4, -0.2) is 51.2 Å². The van der Waals surface area contributed by atoms with Crippen molar-refractivity contribution in [2.45, 2.75) is 25.9 Å². The summed E-state index contributed by atoms with van der Waals surface area (Å²) in [5, 5.41) is 13.1. The highest BCUT2D eigenvalue weighted by molar-refractivity contribution is 4.75. The Morgan fingerprint density at radius 2 is 2.00 bits per heavy atom. The van der Waals surface area contributed by atoms with Gasteiger partial charge < -0.3 is 19.9 Å². The van der Waals surface area contributed by atoms with Crippen molar-refractivity contribution in [3.8, 4) is 0 Å². The van der Waals surface area contributed by atoms with E-state index in [9.17, 15) is 5.11 Å². The van der Waals surface area contributed by atoms with Crippen LogP contribution in [0.1, 0.15) is 20.3 Å². The summed E-state index contributed by atoms with van der Waals surface area (Å²) < 4.78 is 9.96. The van der Waals surface area contributed by atoms with Crippen LogP contribution in [0.2, 0.25) is 0 Å². The first kappa shape index (κ1) is 14.8. The summed E-state index contributed by atoms with van der Waals surface area (Å²) in [5.41, 5.74) is -0.692. The first-order chi connectivity index (χ1) is 7.02. The van der Waals surface area contributed by atoms with E-state index in [4.69, 9.17) is 9.47 Å². The average Bonchev–Trinajstić information content (AvgIpc) is 2.15. The van der Waals surface area contributed by atoms with Crippen LogP contribution >= 0.6 is 0 Å². The summed E-state index contributed by atoms with van der Waals surface area (Å²) in [5.74, 6) is 0.466. The van der Waals surface area contributed by atoms with Gasteiger partial charge in [-0.15, -0.1) is 0 Å². The first-order valence-corrected chi connectivity index (χ1v) is 5.43. The van der Waals surface area contributed by atoms with E-state index in [0.717, 1.165) is 13.2 Å². The molecule has 0 aromatic heterocycles. The van der Waals surface area contributed by atoms with E-state index in [1.165, 1.54) is 0 Å². The largest absolute Gasteiger partial charge is 0.389 e. The zero-order valence-electron chi connectivity index (χ0n) is 10.4. The van der Waals surface area contributed by atoms with Gasteiger partial charge in [-0.05, 0) is 12.8 Å².